The number of hydrogen-bond acceptors (Lipinski definition) is 6. The Bertz CT molecular complexity index is 760. The van der Waals surface area contributed by atoms with Gasteiger partial charge in [-0.3, -0.25) is 10.2 Å². The Morgan fingerprint density at radius 3 is 2.69 bits per heavy atom. The molecule has 1 aromatic rings. The maximum atomic E-state index is 12.4. The molecule has 0 saturated carbocycles. The second-order valence-corrected chi connectivity index (χ2v) is 8.43. The number of rotatable bonds is 7. The summed E-state index contributed by atoms with van der Waals surface area (Å²) in [5.41, 5.74) is 3.70. The van der Waals surface area contributed by atoms with E-state index < -0.39 is 10.0 Å². The number of fused-ring (bicyclic) bond motifs is 3. The molecule has 26 heavy (non-hydrogen) atoms. The standard InChI is InChI=1S/C17H26N4O4S/c1-25-16-5-4-13(26(18,23)24)11-14(16)17(22)19-8-2-3-15-12-6-9-21(20-15)10-7-12/h4-5,11-12,15,20H,2-3,6-10H2,1H3,(H,19,22)(H2,18,23,24). The minimum absolute atomic E-state index is 0.111. The normalized spacial score (nSPS) is 25.1. The number of primary sulfonamides is 1. The molecule has 1 aromatic carbocycles. The SMILES string of the molecule is COc1ccc(S(N)(=O)=O)cc1C(=O)NCCCC1NN2CCC1CC2. The van der Waals surface area contributed by atoms with Crippen molar-refractivity contribution in [3.63, 3.8) is 0 Å². The van der Waals surface area contributed by atoms with Gasteiger partial charge < -0.3 is 10.1 Å². The molecular weight excluding hydrogens is 356 g/mol. The molecule has 1 unspecified atom stereocenters. The zero-order chi connectivity index (χ0) is 18.7. The van der Waals surface area contributed by atoms with Crippen molar-refractivity contribution in [2.24, 2.45) is 11.1 Å². The number of benzene rings is 1. The Kier molecular flexibility index (Phi) is 5.81. The molecule has 1 amide bonds. The molecule has 9 heteroatoms. The quantitative estimate of drug-likeness (QED) is 0.590. The second-order valence-electron chi connectivity index (χ2n) is 6.87. The Labute approximate surface area is 154 Å². The molecule has 3 fully saturated rings. The first-order valence-electron chi connectivity index (χ1n) is 8.88. The van der Waals surface area contributed by atoms with E-state index in [1.165, 1.54) is 38.2 Å². The fourth-order valence-corrected chi connectivity index (χ4v) is 4.27. The third-order valence-electron chi connectivity index (χ3n) is 5.18. The smallest absolute Gasteiger partial charge is 0.255 e. The van der Waals surface area contributed by atoms with Crippen LogP contribution in [0.15, 0.2) is 23.1 Å². The van der Waals surface area contributed by atoms with Gasteiger partial charge in [-0.2, -0.15) is 0 Å². The summed E-state index contributed by atoms with van der Waals surface area (Å²) >= 11 is 0. The number of carbonyl (C=O) groups is 1. The highest BCUT2D eigenvalue weighted by atomic mass is 32.2. The van der Waals surface area contributed by atoms with Crippen LogP contribution in [0.2, 0.25) is 0 Å². The van der Waals surface area contributed by atoms with Crippen molar-refractivity contribution < 1.29 is 17.9 Å². The van der Waals surface area contributed by atoms with Gasteiger partial charge >= 0.3 is 0 Å². The van der Waals surface area contributed by atoms with E-state index in [0.717, 1.165) is 31.8 Å². The largest absolute Gasteiger partial charge is 0.496 e. The number of sulfonamides is 1. The first kappa shape index (κ1) is 19.1. The molecule has 4 rings (SSSR count). The average molecular weight is 382 g/mol. The predicted molar refractivity (Wildman–Crippen MR) is 97.2 cm³/mol. The van der Waals surface area contributed by atoms with Crippen molar-refractivity contribution in [2.75, 3.05) is 26.7 Å². The van der Waals surface area contributed by atoms with Crippen molar-refractivity contribution in [3.8, 4) is 5.75 Å². The number of ether oxygens (including phenoxy) is 1. The number of hydrogen-bond donors (Lipinski definition) is 3. The molecule has 1 atom stereocenters. The van der Waals surface area contributed by atoms with E-state index in [1.807, 2.05) is 0 Å². The van der Waals surface area contributed by atoms with Gasteiger partial charge in [-0.25, -0.2) is 18.6 Å². The maximum Gasteiger partial charge on any atom is 0.255 e. The minimum atomic E-state index is -3.88. The molecule has 2 bridgehead atoms. The zero-order valence-corrected chi connectivity index (χ0v) is 15.7. The lowest BCUT2D eigenvalue weighted by molar-refractivity contribution is 0.00866. The van der Waals surface area contributed by atoms with Crippen LogP contribution in [0.3, 0.4) is 0 Å². The number of nitrogens with one attached hydrogen (secondary N) is 2. The van der Waals surface area contributed by atoms with E-state index in [9.17, 15) is 13.2 Å². The molecule has 144 valence electrons. The molecule has 3 heterocycles. The zero-order valence-electron chi connectivity index (χ0n) is 14.9. The minimum Gasteiger partial charge on any atom is -0.496 e. The topological polar surface area (TPSA) is 114 Å². The Morgan fingerprint density at radius 1 is 1.38 bits per heavy atom. The van der Waals surface area contributed by atoms with Crippen molar-refractivity contribution >= 4 is 15.9 Å². The average Bonchev–Trinajstić information content (AvgIpc) is 2.64. The van der Waals surface area contributed by atoms with Crippen molar-refractivity contribution in [1.82, 2.24) is 15.8 Å². The third kappa shape index (κ3) is 4.35. The molecule has 8 nitrogen and oxygen atoms in total. The van der Waals surface area contributed by atoms with Gasteiger partial charge in [-0.1, -0.05) is 0 Å². The number of hydrazine groups is 1. The molecule has 3 saturated heterocycles. The Balaban J connectivity index is 1.54. The molecule has 0 aliphatic carbocycles. The maximum absolute atomic E-state index is 12.4. The fraction of sp³-hybridized carbons (Fsp3) is 0.588. The number of amides is 1. The van der Waals surface area contributed by atoms with Gasteiger partial charge in [0, 0.05) is 25.7 Å². The highest BCUT2D eigenvalue weighted by Gasteiger charge is 2.33. The molecule has 4 N–H and O–H groups in total. The highest BCUT2D eigenvalue weighted by molar-refractivity contribution is 7.89. The van der Waals surface area contributed by atoms with Crippen LogP contribution in [0.4, 0.5) is 0 Å². The highest BCUT2D eigenvalue weighted by Crippen LogP contribution is 2.28. The van der Waals surface area contributed by atoms with Crippen LogP contribution in [-0.2, 0) is 10.0 Å². The number of piperidine rings is 1. The molecule has 0 aromatic heterocycles. The summed E-state index contributed by atoms with van der Waals surface area (Å²) in [5.74, 6) is 0.672. The van der Waals surface area contributed by atoms with Crippen LogP contribution >= 0.6 is 0 Å². The van der Waals surface area contributed by atoms with Crippen LogP contribution in [0, 0.1) is 5.92 Å². The Morgan fingerprint density at radius 2 is 2.12 bits per heavy atom. The van der Waals surface area contributed by atoms with Crippen LogP contribution in [0.1, 0.15) is 36.0 Å². The lowest BCUT2D eigenvalue weighted by atomic mass is 9.85. The summed E-state index contributed by atoms with van der Waals surface area (Å²) in [5, 5.41) is 10.3. The van der Waals surface area contributed by atoms with Crippen molar-refractivity contribution in [2.45, 2.75) is 36.6 Å². The van der Waals surface area contributed by atoms with Gasteiger partial charge in [0.25, 0.3) is 5.91 Å². The molecule has 3 aliphatic rings. The van der Waals surface area contributed by atoms with E-state index in [1.54, 1.807) is 0 Å². The van der Waals surface area contributed by atoms with Gasteiger partial charge in [-0.15, -0.1) is 0 Å². The van der Waals surface area contributed by atoms with Gasteiger partial charge in [0.1, 0.15) is 5.75 Å². The lowest BCUT2D eigenvalue weighted by Crippen LogP contribution is -2.59. The lowest BCUT2D eigenvalue weighted by Gasteiger charge is -2.45. The number of carbonyl (C=O) groups excluding carboxylic acids is 1. The summed E-state index contributed by atoms with van der Waals surface area (Å²) in [4.78, 5) is 12.3. The summed E-state index contributed by atoms with van der Waals surface area (Å²) in [6, 6.07) is 4.49. The molecule has 0 radical (unpaired) electrons. The van der Waals surface area contributed by atoms with Gasteiger partial charge in [0.05, 0.1) is 17.6 Å². The number of nitrogens with two attached hydrogens (primary N) is 1. The first-order chi connectivity index (χ1) is 12.4. The van der Waals surface area contributed by atoms with E-state index in [0.29, 0.717) is 18.3 Å². The van der Waals surface area contributed by atoms with Crippen LogP contribution in [-0.4, -0.2) is 52.1 Å². The van der Waals surface area contributed by atoms with Crippen LogP contribution < -0.4 is 20.6 Å². The first-order valence-corrected chi connectivity index (χ1v) is 10.4. The fourth-order valence-electron chi connectivity index (χ4n) is 3.73. The predicted octanol–water partition coefficient (Wildman–Crippen LogP) is 0.451. The van der Waals surface area contributed by atoms with Crippen LogP contribution in [0.25, 0.3) is 0 Å². The molecular formula is C17H26N4O4S. The summed E-state index contributed by atoms with van der Waals surface area (Å²) in [6.45, 7) is 2.77. The number of methoxy groups -OCH3 is 1. The van der Waals surface area contributed by atoms with E-state index in [-0.39, 0.29) is 16.4 Å². The van der Waals surface area contributed by atoms with E-state index in [2.05, 4.69) is 15.8 Å². The van der Waals surface area contributed by atoms with Gasteiger partial charge in [0.2, 0.25) is 10.0 Å². The van der Waals surface area contributed by atoms with Gasteiger partial charge in [0.15, 0.2) is 0 Å². The van der Waals surface area contributed by atoms with E-state index in [4.69, 9.17) is 9.88 Å². The van der Waals surface area contributed by atoms with E-state index >= 15 is 0 Å². The summed E-state index contributed by atoms with van der Waals surface area (Å²) in [6.07, 6.45) is 4.32. The number of nitrogens with zero attached hydrogens (tertiary/aromatic N) is 1. The summed E-state index contributed by atoms with van der Waals surface area (Å²) < 4.78 is 28.2. The Hall–Kier alpha value is -1.68. The van der Waals surface area contributed by atoms with Crippen LogP contribution in [0.5, 0.6) is 5.75 Å². The van der Waals surface area contributed by atoms with Crippen molar-refractivity contribution in [3.05, 3.63) is 23.8 Å². The monoisotopic (exact) mass is 382 g/mol. The second kappa shape index (κ2) is 7.91. The summed E-state index contributed by atoms with van der Waals surface area (Å²) in [7, 11) is -2.44. The molecule has 0 spiro atoms. The third-order valence-corrected chi connectivity index (χ3v) is 6.09. The van der Waals surface area contributed by atoms with Gasteiger partial charge in [-0.05, 0) is 49.8 Å². The molecule has 3 aliphatic heterocycles. The van der Waals surface area contributed by atoms with Crippen molar-refractivity contribution in [1.29, 1.82) is 0 Å².